The summed E-state index contributed by atoms with van der Waals surface area (Å²) in [5.41, 5.74) is 1.08. The quantitative estimate of drug-likeness (QED) is 0.767. The molecule has 84 valence electrons. The second-order valence-corrected chi connectivity index (χ2v) is 5.41. The van der Waals surface area contributed by atoms with Crippen molar-refractivity contribution >= 4 is 45.0 Å². The smallest absolute Gasteiger partial charge is 0.0593 e. The highest BCUT2D eigenvalue weighted by Crippen LogP contribution is 2.29. The molecule has 0 heterocycles. The van der Waals surface area contributed by atoms with Gasteiger partial charge in [-0.15, -0.1) is 0 Å². The van der Waals surface area contributed by atoms with E-state index >= 15 is 0 Å². The van der Waals surface area contributed by atoms with Crippen molar-refractivity contribution in [2.75, 3.05) is 23.9 Å². The molecule has 0 bridgehead atoms. The van der Waals surface area contributed by atoms with Crippen molar-refractivity contribution in [3.63, 3.8) is 0 Å². The Morgan fingerprint density at radius 3 is 2.93 bits per heavy atom. The molecule has 1 aromatic rings. The van der Waals surface area contributed by atoms with Crippen LogP contribution in [-0.2, 0) is 0 Å². The van der Waals surface area contributed by atoms with Gasteiger partial charge in [0.25, 0.3) is 0 Å². The molecule has 0 fully saturated rings. The molecule has 0 atom stereocenters. The Morgan fingerprint density at radius 1 is 1.40 bits per heavy atom. The summed E-state index contributed by atoms with van der Waals surface area (Å²) in [4.78, 5) is 0. The summed E-state index contributed by atoms with van der Waals surface area (Å²) in [5, 5.41) is 4.13. The summed E-state index contributed by atoms with van der Waals surface area (Å²) in [6.07, 6.45) is 4.59. The molecule has 0 aromatic heterocycles. The minimum absolute atomic E-state index is 0.754. The first-order valence-corrected chi connectivity index (χ1v) is 7.49. The lowest BCUT2D eigenvalue weighted by molar-refractivity contribution is 0.843. The Morgan fingerprint density at radius 2 is 2.20 bits per heavy atom. The Bertz CT molecular complexity index is 307. The van der Waals surface area contributed by atoms with E-state index < -0.39 is 0 Å². The van der Waals surface area contributed by atoms with Gasteiger partial charge in [-0.2, -0.15) is 11.8 Å². The van der Waals surface area contributed by atoms with Crippen LogP contribution in [-0.4, -0.2) is 18.6 Å². The van der Waals surface area contributed by atoms with Gasteiger partial charge in [-0.3, -0.25) is 0 Å². The molecule has 15 heavy (non-hydrogen) atoms. The van der Waals surface area contributed by atoms with E-state index in [9.17, 15) is 0 Å². The molecule has 0 saturated carbocycles. The van der Waals surface area contributed by atoms with Crippen molar-refractivity contribution < 1.29 is 0 Å². The SMILES string of the molecule is CSCCCCNc1cccc(Cl)c1Br. The largest absolute Gasteiger partial charge is 0.384 e. The summed E-state index contributed by atoms with van der Waals surface area (Å²) in [6, 6.07) is 5.87. The van der Waals surface area contributed by atoms with Crippen LogP contribution >= 0.6 is 39.3 Å². The van der Waals surface area contributed by atoms with Crippen molar-refractivity contribution in [2.45, 2.75) is 12.8 Å². The summed E-state index contributed by atoms with van der Waals surface area (Å²) in [7, 11) is 0. The maximum absolute atomic E-state index is 5.99. The Hall–Kier alpha value is 0.140. The second kappa shape index (κ2) is 7.42. The second-order valence-electron chi connectivity index (χ2n) is 3.23. The molecule has 0 saturated heterocycles. The molecule has 1 nitrogen and oxygen atoms in total. The lowest BCUT2D eigenvalue weighted by atomic mass is 10.3. The van der Waals surface area contributed by atoms with Gasteiger partial charge < -0.3 is 5.32 Å². The van der Waals surface area contributed by atoms with Crippen LogP contribution in [0.1, 0.15) is 12.8 Å². The molecule has 4 heteroatoms. The van der Waals surface area contributed by atoms with E-state index in [0.717, 1.165) is 21.7 Å². The average molecular weight is 309 g/mol. The van der Waals surface area contributed by atoms with Gasteiger partial charge >= 0.3 is 0 Å². The molecular formula is C11H15BrClNS. The van der Waals surface area contributed by atoms with Crippen LogP contribution in [0.15, 0.2) is 22.7 Å². The summed E-state index contributed by atoms with van der Waals surface area (Å²) < 4.78 is 0.955. The standard InChI is InChI=1S/C11H15BrClNS/c1-15-8-3-2-7-14-10-6-4-5-9(13)11(10)12/h4-6,14H,2-3,7-8H2,1H3. The van der Waals surface area contributed by atoms with Crippen LogP contribution < -0.4 is 5.32 Å². The van der Waals surface area contributed by atoms with Gasteiger partial charge in [0.15, 0.2) is 0 Å². The zero-order chi connectivity index (χ0) is 11.1. The molecule has 0 aliphatic heterocycles. The van der Waals surface area contributed by atoms with Gasteiger partial charge in [0, 0.05) is 12.2 Å². The molecule has 0 aliphatic carbocycles. The third-order valence-corrected chi connectivity index (χ3v) is 4.14. The molecule has 0 amide bonds. The minimum Gasteiger partial charge on any atom is -0.384 e. The van der Waals surface area contributed by atoms with Crippen molar-refractivity contribution in [1.82, 2.24) is 0 Å². The minimum atomic E-state index is 0.754. The third-order valence-electron chi connectivity index (χ3n) is 2.04. The summed E-state index contributed by atoms with van der Waals surface area (Å²) >= 11 is 11.3. The van der Waals surface area contributed by atoms with Crippen LogP contribution in [0.4, 0.5) is 5.69 Å². The monoisotopic (exact) mass is 307 g/mol. The van der Waals surface area contributed by atoms with Crippen molar-refractivity contribution in [2.24, 2.45) is 0 Å². The number of unbranched alkanes of at least 4 members (excludes halogenated alkanes) is 1. The molecule has 0 radical (unpaired) electrons. The van der Waals surface area contributed by atoms with E-state index in [1.54, 1.807) is 0 Å². The number of halogens is 2. The number of hydrogen-bond donors (Lipinski definition) is 1. The van der Waals surface area contributed by atoms with Crippen LogP contribution in [0, 0.1) is 0 Å². The fourth-order valence-electron chi connectivity index (χ4n) is 1.23. The number of rotatable bonds is 6. The lowest BCUT2D eigenvalue weighted by Crippen LogP contribution is -2.02. The molecule has 1 N–H and O–H groups in total. The van der Waals surface area contributed by atoms with Crippen molar-refractivity contribution in [3.05, 3.63) is 27.7 Å². The van der Waals surface area contributed by atoms with E-state index in [4.69, 9.17) is 11.6 Å². The Labute approximate surface area is 109 Å². The van der Waals surface area contributed by atoms with Gasteiger partial charge in [0.1, 0.15) is 0 Å². The summed E-state index contributed by atoms with van der Waals surface area (Å²) in [5.74, 6) is 1.23. The molecule has 0 unspecified atom stereocenters. The van der Waals surface area contributed by atoms with Gasteiger partial charge in [0.05, 0.1) is 9.50 Å². The third kappa shape index (κ3) is 4.66. The zero-order valence-corrected chi connectivity index (χ0v) is 11.9. The van der Waals surface area contributed by atoms with E-state index in [1.165, 1.54) is 18.6 Å². The average Bonchev–Trinajstić information content (AvgIpc) is 2.24. The van der Waals surface area contributed by atoms with Crippen LogP contribution in [0.3, 0.4) is 0 Å². The predicted molar refractivity (Wildman–Crippen MR) is 75.3 cm³/mol. The van der Waals surface area contributed by atoms with E-state index in [0.29, 0.717) is 0 Å². The number of hydrogen-bond acceptors (Lipinski definition) is 2. The first-order valence-electron chi connectivity index (χ1n) is 4.92. The predicted octanol–water partition coefficient (Wildman–Crippen LogP) is 4.66. The highest BCUT2D eigenvalue weighted by molar-refractivity contribution is 9.10. The number of anilines is 1. The summed E-state index contributed by atoms with van der Waals surface area (Å²) in [6.45, 7) is 1.000. The fourth-order valence-corrected chi connectivity index (χ4v) is 2.31. The highest BCUT2D eigenvalue weighted by atomic mass is 79.9. The molecule has 1 rings (SSSR count). The van der Waals surface area contributed by atoms with E-state index in [-0.39, 0.29) is 0 Å². The van der Waals surface area contributed by atoms with Gasteiger partial charge in [-0.25, -0.2) is 0 Å². The number of thioether (sulfide) groups is 1. The molecule has 0 aliphatic rings. The fraction of sp³-hybridized carbons (Fsp3) is 0.455. The first kappa shape index (κ1) is 13.2. The first-order chi connectivity index (χ1) is 7.25. The molecular weight excluding hydrogens is 294 g/mol. The van der Waals surface area contributed by atoms with Crippen molar-refractivity contribution in [3.8, 4) is 0 Å². The van der Waals surface area contributed by atoms with Gasteiger partial charge in [0.2, 0.25) is 0 Å². The molecule has 1 aromatic carbocycles. The normalized spacial score (nSPS) is 10.3. The van der Waals surface area contributed by atoms with Crippen molar-refractivity contribution in [1.29, 1.82) is 0 Å². The maximum atomic E-state index is 5.99. The lowest BCUT2D eigenvalue weighted by Gasteiger charge is -2.08. The van der Waals surface area contributed by atoms with E-state index in [2.05, 4.69) is 27.5 Å². The Balaban J connectivity index is 2.34. The van der Waals surface area contributed by atoms with E-state index in [1.807, 2.05) is 30.0 Å². The topological polar surface area (TPSA) is 12.0 Å². The van der Waals surface area contributed by atoms with Crippen LogP contribution in [0.5, 0.6) is 0 Å². The van der Waals surface area contributed by atoms with Gasteiger partial charge in [-0.1, -0.05) is 17.7 Å². The highest BCUT2D eigenvalue weighted by Gasteiger charge is 2.01. The van der Waals surface area contributed by atoms with Crippen LogP contribution in [0.2, 0.25) is 5.02 Å². The number of nitrogens with one attached hydrogen (secondary N) is 1. The molecule has 0 spiro atoms. The maximum Gasteiger partial charge on any atom is 0.0593 e. The van der Waals surface area contributed by atoms with Gasteiger partial charge in [-0.05, 0) is 52.9 Å². The zero-order valence-electron chi connectivity index (χ0n) is 8.72. The number of benzene rings is 1. The Kier molecular flexibility index (Phi) is 6.53. The van der Waals surface area contributed by atoms with Crippen LogP contribution in [0.25, 0.3) is 0 Å².